The molecule has 0 aromatic carbocycles. The molecule has 0 bridgehead atoms. The van der Waals surface area contributed by atoms with Gasteiger partial charge in [-0.3, -0.25) is 0 Å². The van der Waals surface area contributed by atoms with Gasteiger partial charge >= 0.3 is 0 Å². The van der Waals surface area contributed by atoms with Gasteiger partial charge in [-0.1, -0.05) is 41.0 Å². The van der Waals surface area contributed by atoms with Crippen LogP contribution in [0.3, 0.4) is 0 Å². The second-order valence-electron chi connectivity index (χ2n) is 11.4. The van der Waals surface area contributed by atoms with E-state index in [0.717, 1.165) is 36.5 Å². The fourth-order valence-electron chi connectivity index (χ4n) is 5.51. The normalized spacial score (nSPS) is 31.1. The molecule has 0 heterocycles. The van der Waals surface area contributed by atoms with E-state index < -0.39 is 0 Å². The highest BCUT2D eigenvalue weighted by molar-refractivity contribution is 4.95. The summed E-state index contributed by atoms with van der Waals surface area (Å²) >= 11 is 0. The monoisotopic (exact) mass is 338 g/mol. The van der Waals surface area contributed by atoms with Gasteiger partial charge in [-0.05, 0) is 88.4 Å². The summed E-state index contributed by atoms with van der Waals surface area (Å²) in [5.74, 6) is 3.81. The van der Waals surface area contributed by atoms with Gasteiger partial charge in [0.25, 0.3) is 0 Å². The highest BCUT2D eigenvalue weighted by Crippen LogP contribution is 2.51. The molecule has 0 radical (unpaired) electrons. The fraction of sp³-hybridized carbons (Fsp3) is 1.00. The first kappa shape index (κ1) is 22.0. The lowest BCUT2D eigenvalue weighted by atomic mass is 9.56. The summed E-state index contributed by atoms with van der Waals surface area (Å²) in [6.45, 7) is 20.8. The van der Waals surface area contributed by atoms with Gasteiger partial charge in [0.15, 0.2) is 0 Å². The Labute approximate surface area is 152 Å². The molecule has 1 aliphatic carbocycles. The summed E-state index contributed by atoms with van der Waals surface area (Å²) in [5, 5.41) is 0. The lowest BCUT2D eigenvalue weighted by Crippen LogP contribution is -2.46. The summed E-state index contributed by atoms with van der Waals surface area (Å²) in [6, 6.07) is 0. The number of rotatable bonds is 6. The average Bonchev–Trinajstić information content (AvgIpc) is 2.32. The third-order valence-electron chi connectivity index (χ3n) is 6.31. The van der Waals surface area contributed by atoms with Gasteiger partial charge in [0.1, 0.15) is 0 Å². The minimum Gasteiger partial charge on any atom is -0.326 e. The zero-order chi connectivity index (χ0) is 18.9. The Bertz CT molecular complexity index is 380. The van der Waals surface area contributed by atoms with Crippen LogP contribution in [0.2, 0.25) is 0 Å². The molecule has 24 heavy (non-hydrogen) atoms. The summed E-state index contributed by atoms with van der Waals surface area (Å²) < 4.78 is 0. The Morgan fingerprint density at radius 3 is 1.79 bits per heavy atom. The van der Waals surface area contributed by atoms with Crippen LogP contribution in [0, 0.1) is 35.0 Å². The van der Waals surface area contributed by atoms with E-state index in [2.05, 4.69) is 62.3 Å². The molecular weight excluding hydrogens is 292 g/mol. The zero-order valence-corrected chi connectivity index (χ0v) is 18.1. The van der Waals surface area contributed by atoms with Crippen LogP contribution in [-0.2, 0) is 0 Å². The molecule has 1 fully saturated rings. The Morgan fingerprint density at radius 1 is 0.875 bits per heavy atom. The number of hydrogen-bond acceptors (Lipinski definition) is 2. The maximum atomic E-state index is 6.44. The highest BCUT2D eigenvalue weighted by Gasteiger charge is 2.44. The Balaban J connectivity index is 3.06. The molecule has 1 rings (SSSR count). The lowest BCUT2D eigenvalue weighted by Gasteiger charge is -2.50. The van der Waals surface area contributed by atoms with E-state index in [1.54, 1.807) is 0 Å². The standard InChI is InChI=1S/C22H46N2/c1-10-16-11-17(14-22(8,9)24)18(12-19(16)20(3,4)5)15(2)13-21(6,7)23/h15-19H,10-14,23-24H2,1-9H3. The van der Waals surface area contributed by atoms with Crippen molar-refractivity contribution in [3.8, 4) is 0 Å². The number of hydrogen-bond donors (Lipinski definition) is 2. The predicted octanol–water partition coefficient (Wildman–Crippen LogP) is 5.59. The molecule has 144 valence electrons. The molecule has 2 heteroatoms. The van der Waals surface area contributed by atoms with E-state index >= 15 is 0 Å². The van der Waals surface area contributed by atoms with Crippen molar-refractivity contribution in [1.29, 1.82) is 0 Å². The van der Waals surface area contributed by atoms with E-state index in [1.807, 2.05) is 0 Å². The second kappa shape index (κ2) is 7.66. The van der Waals surface area contributed by atoms with Gasteiger partial charge in [0, 0.05) is 11.1 Å². The minimum absolute atomic E-state index is 0.0757. The quantitative estimate of drug-likeness (QED) is 0.663. The highest BCUT2D eigenvalue weighted by atomic mass is 14.7. The first-order chi connectivity index (χ1) is 10.6. The smallest absolute Gasteiger partial charge is 0.00997 e. The van der Waals surface area contributed by atoms with Gasteiger partial charge in [-0.2, -0.15) is 0 Å². The van der Waals surface area contributed by atoms with Gasteiger partial charge in [0.2, 0.25) is 0 Å². The van der Waals surface area contributed by atoms with E-state index in [4.69, 9.17) is 11.5 Å². The van der Waals surface area contributed by atoms with E-state index in [9.17, 15) is 0 Å². The molecule has 4 N–H and O–H groups in total. The van der Waals surface area contributed by atoms with Crippen LogP contribution < -0.4 is 11.5 Å². The van der Waals surface area contributed by atoms with Crippen molar-refractivity contribution in [3.05, 3.63) is 0 Å². The maximum absolute atomic E-state index is 6.44. The van der Waals surface area contributed by atoms with Crippen molar-refractivity contribution in [2.75, 3.05) is 0 Å². The summed E-state index contributed by atoms with van der Waals surface area (Å²) in [4.78, 5) is 0. The predicted molar refractivity (Wildman–Crippen MR) is 108 cm³/mol. The minimum atomic E-state index is -0.0823. The summed E-state index contributed by atoms with van der Waals surface area (Å²) in [5.41, 5.74) is 13.0. The van der Waals surface area contributed by atoms with E-state index in [1.165, 1.54) is 19.3 Å². The van der Waals surface area contributed by atoms with Crippen molar-refractivity contribution < 1.29 is 0 Å². The van der Waals surface area contributed by atoms with Gasteiger partial charge in [-0.15, -0.1) is 0 Å². The lowest BCUT2D eigenvalue weighted by molar-refractivity contribution is 0.00155. The zero-order valence-electron chi connectivity index (χ0n) is 18.1. The van der Waals surface area contributed by atoms with Crippen LogP contribution in [-0.4, -0.2) is 11.1 Å². The van der Waals surface area contributed by atoms with Gasteiger partial charge in [-0.25, -0.2) is 0 Å². The Hall–Kier alpha value is -0.0800. The fourth-order valence-corrected chi connectivity index (χ4v) is 5.51. The first-order valence-corrected chi connectivity index (χ1v) is 10.2. The molecule has 5 atom stereocenters. The second-order valence-corrected chi connectivity index (χ2v) is 11.4. The average molecular weight is 339 g/mol. The topological polar surface area (TPSA) is 52.0 Å². The summed E-state index contributed by atoms with van der Waals surface area (Å²) in [6.07, 6.45) is 6.24. The maximum Gasteiger partial charge on any atom is 0.00997 e. The van der Waals surface area contributed by atoms with Crippen LogP contribution in [0.25, 0.3) is 0 Å². The summed E-state index contributed by atoms with van der Waals surface area (Å²) in [7, 11) is 0. The van der Waals surface area contributed by atoms with Crippen molar-refractivity contribution in [3.63, 3.8) is 0 Å². The van der Waals surface area contributed by atoms with Crippen molar-refractivity contribution in [2.45, 2.75) is 105 Å². The first-order valence-electron chi connectivity index (χ1n) is 10.2. The largest absolute Gasteiger partial charge is 0.326 e. The third-order valence-corrected chi connectivity index (χ3v) is 6.31. The molecule has 0 aliphatic heterocycles. The molecule has 5 unspecified atom stereocenters. The van der Waals surface area contributed by atoms with Crippen molar-refractivity contribution in [1.82, 2.24) is 0 Å². The van der Waals surface area contributed by atoms with Crippen LogP contribution >= 0.6 is 0 Å². The van der Waals surface area contributed by atoms with Crippen LogP contribution in [0.4, 0.5) is 0 Å². The number of nitrogens with two attached hydrogens (primary N) is 2. The Morgan fingerprint density at radius 2 is 1.42 bits per heavy atom. The van der Waals surface area contributed by atoms with Gasteiger partial charge < -0.3 is 11.5 Å². The molecular formula is C22H46N2. The molecule has 0 spiro atoms. The van der Waals surface area contributed by atoms with Crippen LogP contribution in [0.15, 0.2) is 0 Å². The SMILES string of the molecule is CCC1CC(CC(C)(C)N)C(C(C)CC(C)(C)N)CC1C(C)(C)C. The molecule has 1 aliphatic rings. The van der Waals surface area contributed by atoms with Crippen molar-refractivity contribution in [2.24, 2.45) is 46.5 Å². The van der Waals surface area contributed by atoms with E-state index in [0.29, 0.717) is 11.3 Å². The molecule has 0 aromatic rings. The van der Waals surface area contributed by atoms with Crippen LogP contribution in [0.5, 0.6) is 0 Å². The molecule has 2 nitrogen and oxygen atoms in total. The molecule has 0 amide bonds. The molecule has 1 saturated carbocycles. The Kier molecular flexibility index (Phi) is 7.01. The van der Waals surface area contributed by atoms with Gasteiger partial charge in [0.05, 0.1) is 0 Å². The van der Waals surface area contributed by atoms with Crippen LogP contribution in [0.1, 0.15) is 94.4 Å². The third kappa shape index (κ3) is 6.67. The van der Waals surface area contributed by atoms with E-state index in [-0.39, 0.29) is 11.1 Å². The molecule has 0 aromatic heterocycles. The molecule has 0 saturated heterocycles. The van der Waals surface area contributed by atoms with Crippen molar-refractivity contribution >= 4 is 0 Å².